The molecule has 17 heavy (non-hydrogen) atoms. The highest BCUT2D eigenvalue weighted by Crippen LogP contribution is 2.27. The van der Waals surface area contributed by atoms with Crippen LogP contribution >= 0.6 is 11.3 Å². The van der Waals surface area contributed by atoms with Gasteiger partial charge in [0.15, 0.2) is 0 Å². The van der Waals surface area contributed by atoms with Crippen molar-refractivity contribution in [3.63, 3.8) is 0 Å². The van der Waals surface area contributed by atoms with Gasteiger partial charge in [-0.15, -0.1) is 11.3 Å². The highest BCUT2D eigenvalue weighted by molar-refractivity contribution is 7.18. The van der Waals surface area contributed by atoms with Crippen LogP contribution in [0.4, 0.5) is 5.82 Å². The number of hydrogen-bond donors (Lipinski definition) is 2. The monoisotopic (exact) mass is 248 g/mol. The van der Waals surface area contributed by atoms with Gasteiger partial charge in [0.05, 0.1) is 5.39 Å². The van der Waals surface area contributed by atoms with E-state index < -0.39 is 0 Å². The van der Waals surface area contributed by atoms with Crippen LogP contribution in [0.2, 0.25) is 0 Å². The second-order valence-electron chi connectivity index (χ2n) is 4.54. The second kappa shape index (κ2) is 4.58. The molecule has 3 heterocycles. The van der Waals surface area contributed by atoms with Crippen LogP contribution in [-0.4, -0.2) is 29.6 Å². The molecule has 0 aliphatic carbocycles. The predicted octanol–water partition coefficient (Wildman–Crippen LogP) is 2.02. The number of aryl methyl sites for hydroxylation is 1. The van der Waals surface area contributed by atoms with E-state index in [1.165, 1.54) is 11.3 Å². The maximum absolute atomic E-state index is 4.35. The Balaban J connectivity index is 1.79. The van der Waals surface area contributed by atoms with Gasteiger partial charge in [0.2, 0.25) is 0 Å². The van der Waals surface area contributed by atoms with Crippen LogP contribution in [0.5, 0.6) is 0 Å². The third-order valence-electron chi connectivity index (χ3n) is 3.17. The third kappa shape index (κ3) is 2.25. The SMILES string of the molecule is Cc1cc2c(NCC3CCNC3)ncnc2s1. The largest absolute Gasteiger partial charge is 0.369 e. The van der Waals surface area contributed by atoms with Gasteiger partial charge in [-0.05, 0) is 38.4 Å². The van der Waals surface area contributed by atoms with Gasteiger partial charge in [0.1, 0.15) is 17.0 Å². The lowest BCUT2D eigenvalue weighted by molar-refractivity contribution is 0.614. The summed E-state index contributed by atoms with van der Waals surface area (Å²) in [6, 6.07) is 2.16. The summed E-state index contributed by atoms with van der Waals surface area (Å²) in [7, 11) is 0. The molecule has 1 aliphatic heterocycles. The molecular weight excluding hydrogens is 232 g/mol. The lowest BCUT2D eigenvalue weighted by Gasteiger charge is -2.10. The molecule has 0 saturated carbocycles. The van der Waals surface area contributed by atoms with Crippen molar-refractivity contribution in [3.05, 3.63) is 17.3 Å². The summed E-state index contributed by atoms with van der Waals surface area (Å²) in [5.41, 5.74) is 0. The van der Waals surface area contributed by atoms with Crippen molar-refractivity contribution >= 4 is 27.4 Å². The van der Waals surface area contributed by atoms with Crippen LogP contribution < -0.4 is 10.6 Å². The van der Waals surface area contributed by atoms with Crippen LogP contribution in [0.3, 0.4) is 0 Å². The number of hydrogen-bond acceptors (Lipinski definition) is 5. The normalized spacial score (nSPS) is 19.9. The zero-order valence-electron chi connectivity index (χ0n) is 9.86. The molecule has 1 aliphatic rings. The maximum Gasteiger partial charge on any atom is 0.138 e. The fraction of sp³-hybridized carbons (Fsp3) is 0.500. The summed E-state index contributed by atoms with van der Waals surface area (Å²) in [5, 5.41) is 7.99. The van der Waals surface area contributed by atoms with Gasteiger partial charge in [-0.2, -0.15) is 0 Å². The van der Waals surface area contributed by atoms with E-state index in [-0.39, 0.29) is 0 Å². The summed E-state index contributed by atoms with van der Waals surface area (Å²) < 4.78 is 0. The Morgan fingerprint density at radius 1 is 1.53 bits per heavy atom. The van der Waals surface area contributed by atoms with Crippen molar-refractivity contribution in [2.75, 3.05) is 25.0 Å². The van der Waals surface area contributed by atoms with Crippen molar-refractivity contribution in [2.24, 2.45) is 5.92 Å². The van der Waals surface area contributed by atoms with Gasteiger partial charge in [0, 0.05) is 11.4 Å². The predicted molar refractivity (Wildman–Crippen MR) is 71.6 cm³/mol. The minimum atomic E-state index is 0.722. The number of aromatic nitrogens is 2. The van der Waals surface area contributed by atoms with Crippen LogP contribution in [0.1, 0.15) is 11.3 Å². The van der Waals surface area contributed by atoms with Gasteiger partial charge >= 0.3 is 0 Å². The Kier molecular flexibility index (Phi) is 2.94. The van der Waals surface area contributed by atoms with Gasteiger partial charge in [-0.1, -0.05) is 0 Å². The number of rotatable bonds is 3. The summed E-state index contributed by atoms with van der Waals surface area (Å²) in [4.78, 5) is 11.0. The molecule has 0 amide bonds. The van der Waals surface area contributed by atoms with Crippen molar-refractivity contribution in [1.29, 1.82) is 0 Å². The number of nitrogens with zero attached hydrogens (tertiary/aromatic N) is 2. The topological polar surface area (TPSA) is 49.8 Å². The molecule has 0 radical (unpaired) electrons. The van der Waals surface area contributed by atoms with Crippen molar-refractivity contribution < 1.29 is 0 Å². The molecule has 0 spiro atoms. The lowest BCUT2D eigenvalue weighted by Crippen LogP contribution is -2.17. The highest BCUT2D eigenvalue weighted by Gasteiger charge is 2.15. The van der Waals surface area contributed by atoms with E-state index in [1.807, 2.05) is 0 Å². The minimum Gasteiger partial charge on any atom is -0.369 e. The van der Waals surface area contributed by atoms with Gasteiger partial charge in [0.25, 0.3) is 0 Å². The Morgan fingerprint density at radius 3 is 3.29 bits per heavy atom. The maximum atomic E-state index is 4.35. The molecular formula is C12H16N4S. The molecule has 5 heteroatoms. The molecule has 4 nitrogen and oxygen atoms in total. The molecule has 1 saturated heterocycles. The Hall–Kier alpha value is -1.20. The smallest absolute Gasteiger partial charge is 0.138 e. The second-order valence-corrected chi connectivity index (χ2v) is 5.77. The zero-order valence-corrected chi connectivity index (χ0v) is 10.7. The van der Waals surface area contributed by atoms with Crippen LogP contribution in [-0.2, 0) is 0 Å². The molecule has 2 aromatic heterocycles. The molecule has 2 aromatic rings. The summed E-state index contributed by atoms with van der Waals surface area (Å²) >= 11 is 1.72. The van der Waals surface area contributed by atoms with E-state index >= 15 is 0 Å². The molecule has 1 unspecified atom stereocenters. The summed E-state index contributed by atoms with van der Waals surface area (Å²) in [5.74, 6) is 1.70. The van der Waals surface area contributed by atoms with Crippen molar-refractivity contribution in [1.82, 2.24) is 15.3 Å². The van der Waals surface area contributed by atoms with E-state index in [9.17, 15) is 0 Å². The third-order valence-corrected chi connectivity index (χ3v) is 4.13. The standard InChI is InChI=1S/C12H16N4S/c1-8-4-10-11(15-7-16-12(10)17-8)14-6-9-2-3-13-5-9/h4,7,9,13H,2-3,5-6H2,1H3,(H,14,15,16). The van der Waals surface area contributed by atoms with Crippen molar-refractivity contribution in [2.45, 2.75) is 13.3 Å². The number of anilines is 1. The minimum absolute atomic E-state index is 0.722. The fourth-order valence-corrected chi connectivity index (χ4v) is 3.09. The first-order valence-corrected chi connectivity index (χ1v) is 6.80. The Morgan fingerprint density at radius 2 is 2.47 bits per heavy atom. The van der Waals surface area contributed by atoms with E-state index in [0.29, 0.717) is 0 Å². The summed E-state index contributed by atoms with van der Waals surface area (Å²) in [6.45, 7) is 5.36. The molecule has 1 atom stereocenters. The lowest BCUT2D eigenvalue weighted by atomic mass is 10.1. The van der Waals surface area contributed by atoms with Gasteiger partial charge < -0.3 is 10.6 Å². The van der Waals surface area contributed by atoms with Gasteiger partial charge in [-0.25, -0.2) is 9.97 Å². The van der Waals surface area contributed by atoms with Gasteiger partial charge in [-0.3, -0.25) is 0 Å². The van der Waals surface area contributed by atoms with E-state index in [4.69, 9.17) is 0 Å². The van der Waals surface area contributed by atoms with E-state index in [2.05, 4.69) is 33.6 Å². The summed E-state index contributed by atoms with van der Waals surface area (Å²) in [6.07, 6.45) is 2.90. The van der Waals surface area contributed by atoms with Crippen LogP contribution in [0.15, 0.2) is 12.4 Å². The molecule has 90 valence electrons. The first-order valence-electron chi connectivity index (χ1n) is 5.98. The number of thiophene rings is 1. The number of nitrogens with one attached hydrogen (secondary N) is 2. The zero-order chi connectivity index (χ0) is 11.7. The average Bonchev–Trinajstić information content (AvgIpc) is 2.93. The first-order chi connectivity index (χ1) is 8.33. The van der Waals surface area contributed by atoms with Crippen LogP contribution in [0, 0.1) is 12.8 Å². The quantitative estimate of drug-likeness (QED) is 0.872. The Labute approximate surface area is 104 Å². The molecule has 3 rings (SSSR count). The Bertz CT molecular complexity index is 516. The molecule has 0 aromatic carbocycles. The fourth-order valence-electron chi connectivity index (χ4n) is 2.25. The average molecular weight is 248 g/mol. The number of fused-ring (bicyclic) bond motifs is 1. The van der Waals surface area contributed by atoms with E-state index in [1.54, 1.807) is 17.7 Å². The first kappa shape index (κ1) is 10.9. The van der Waals surface area contributed by atoms with Crippen molar-refractivity contribution in [3.8, 4) is 0 Å². The van der Waals surface area contributed by atoms with Crippen LogP contribution in [0.25, 0.3) is 10.2 Å². The highest BCUT2D eigenvalue weighted by atomic mass is 32.1. The molecule has 2 N–H and O–H groups in total. The molecule has 1 fully saturated rings. The van der Waals surface area contributed by atoms with E-state index in [0.717, 1.165) is 41.6 Å². The molecule has 0 bridgehead atoms.